The van der Waals surface area contributed by atoms with Gasteiger partial charge in [0.15, 0.2) is 11.5 Å². The molecule has 8 heteroatoms. The van der Waals surface area contributed by atoms with Crippen LogP contribution in [-0.4, -0.2) is 36.8 Å². The van der Waals surface area contributed by atoms with Crippen molar-refractivity contribution in [1.29, 1.82) is 0 Å². The summed E-state index contributed by atoms with van der Waals surface area (Å²) < 4.78 is 16.5. The van der Waals surface area contributed by atoms with E-state index in [0.717, 1.165) is 10.0 Å². The predicted octanol–water partition coefficient (Wildman–Crippen LogP) is 3.49. The Labute approximate surface area is 164 Å². The Morgan fingerprint density at radius 3 is 2.67 bits per heavy atom. The molecule has 1 aromatic heterocycles. The van der Waals surface area contributed by atoms with Crippen molar-refractivity contribution in [3.8, 4) is 22.9 Å². The number of ether oxygens (including phenoxy) is 2. The van der Waals surface area contributed by atoms with Crippen molar-refractivity contribution in [2.45, 2.75) is 6.42 Å². The maximum Gasteiger partial charge on any atom is 0.252 e. The lowest BCUT2D eigenvalue weighted by atomic mass is 10.2. The number of carbonyl (C=O) groups excluding carboxylic acids is 1. The summed E-state index contributed by atoms with van der Waals surface area (Å²) in [6.45, 7) is 0.383. The minimum Gasteiger partial charge on any atom is -0.493 e. The second-order valence-electron chi connectivity index (χ2n) is 5.57. The number of rotatable bonds is 7. The molecule has 0 atom stereocenters. The SMILES string of the molecule is COc1ccc(-c2noc(CCNC(=O)c3ccccc3Br)n2)cc1OC. The normalized spacial score (nSPS) is 10.5. The van der Waals surface area contributed by atoms with Crippen LogP contribution in [0.1, 0.15) is 16.2 Å². The maximum atomic E-state index is 12.2. The fraction of sp³-hybridized carbons (Fsp3) is 0.211. The molecule has 0 aliphatic rings. The maximum absolute atomic E-state index is 12.2. The van der Waals surface area contributed by atoms with E-state index in [0.29, 0.717) is 41.7 Å². The number of methoxy groups -OCH3 is 2. The van der Waals surface area contributed by atoms with Crippen molar-refractivity contribution >= 4 is 21.8 Å². The molecule has 3 aromatic rings. The van der Waals surface area contributed by atoms with Gasteiger partial charge in [-0.1, -0.05) is 17.3 Å². The molecule has 0 unspecified atom stereocenters. The van der Waals surface area contributed by atoms with Crippen LogP contribution in [0.4, 0.5) is 0 Å². The Hall–Kier alpha value is -2.87. The molecular formula is C19H18BrN3O4. The minimum absolute atomic E-state index is 0.165. The lowest BCUT2D eigenvalue weighted by molar-refractivity contribution is 0.0952. The number of nitrogens with zero attached hydrogens (tertiary/aromatic N) is 2. The number of benzene rings is 2. The molecule has 0 aliphatic heterocycles. The van der Waals surface area contributed by atoms with E-state index in [1.807, 2.05) is 24.3 Å². The van der Waals surface area contributed by atoms with Crippen LogP contribution in [0.15, 0.2) is 51.5 Å². The van der Waals surface area contributed by atoms with Crippen molar-refractivity contribution in [3.05, 3.63) is 58.4 Å². The zero-order valence-electron chi connectivity index (χ0n) is 14.9. The molecule has 140 valence electrons. The monoisotopic (exact) mass is 431 g/mol. The van der Waals surface area contributed by atoms with Crippen LogP contribution in [0, 0.1) is 0 Å². The first-order valence-corrected chi connectivity index (χ1v) is 8.99. The molecule has 7 nitrogen and oxygen atoms in total. The molecule has 0 aliphatic carbocycles. The summed E-state index contributed by atoms with van der Waals surface area (Å²) in [5, 5.41) is 6.82. The number of carbonyl (C=O) groups is 1. The second-order valence-corrected chi connectivity index (χ2v) is 6.42. The van der Waals surface area contributed by atoms with Crippen LogP contribution < -0.4 is 14.8 Å². The van der Waals surface area contributed by atoms with Gasteiger partial charge < -0.3 is 19.3 Å². The van der Waals surface area contributed by atoms with Crippen molar-refractivity contribution < 1.29 is 18.8 Å². The molecule has 0 bridgehead atoms. The minimum atomic E-state index is -0.165. The first-order chi connectivity index (χ1) is 13.1. The molecule has 1 N–H and O–H groups in total. The summed E-state index contributed by atoms with van der Waals surface area (Å²) in [4.78, 5) is 16.5. The lowest BCUT2D eigenvalue weighted by Crippen LogP contribution is -2.26. The Morgan fingerprint density at radius 2 is 1.93 bits per heavy atom. The third-order valence-corrected chi connectivity index (χ3v) is 4.54. The van der Waals surface area contributed by atoms with Crippen LogP contribution in [0.25, 0.3) is 11.4 Å². The molecule has 1 amide bonds. The van der Waals surface area contributed by atoms with Gasteiger partial charge in [0, 0.05) is 23.0 Å². The molecule has 0 saturated heterocycles. The van der Waals surface area contributed by atoms with Gasteiger partial charge in [0.25, 0.3) is 5.91 Å². The highest BCUT2D eigenvalue weighted by Gasteiger charge is 2.13. The lowest BCUT2D eigenvalue weighted by Gasteiger charge is -2.07. The molecule has 1 heterocycles. The van der Waals surface area contributed by atoms with E-state index < -0.39 is 0 Å². The Morgan fingerprint density at radius 1 is 1.15 bits per heavy atom. The molecule has 2 aromatic carbocycles. The summed E-state index contributed by atoms with van der Waals surface area (Å²) in [6.07, 6.45) is 0.427. The average Bonchev–Trinajstić information content (AvgIpc) is 3.16. The number of hydrogen-bond donors (Lipinski definition) is 1. The van der Waals surface area contributed by atoms with E-state index in [1.165, 1.54) is 0 Å². The molecule has 0 spiro atoms. The molecular weight excluding hydrogens is 414 g/mol. The average molecular weight is 432 g/mol. The molecule has 3 rings (SSSR count). The summed E-state index contributed by atoms with van der Waals surface area (Å²) in [5.74, 6) is 1.93. The van der Waals surface area contributed by atoms with Gasteiger partial charge in [-0.2, -0.15) is 4.98 Å². The van der Waals surface area contributed by atoms with Crippen LogP contribution >= 0.6 is 15.9 Å². The molecule has 0 radical (unpaired) electrons. The van der Waals surface area contributed by atoms with Crippen molar-refractivity contribution in [3.63, 3.8) is 0 Å². The van der Waals surface area contributed by atoms with Gasteiger partial charge in [-0.25, -0.2) is 0 Å². The topological polar surface area (TPSA) is 86.5 Å². The summed E-state index contributed by atoms with van der Waals surface area (Å²) in [7, 11) is 3.14. The number of aromatic nitrogens is 2. The third kappa shape index (κ3) is 4.46. The zero-order valence-corrected chi connectivity index (χ0v) is 16.4. The van der Waals surface area contributed by atoms with Gasteiger partial charge in [0.05, 0.1) is 19.8 Å². The number of halogens is 1. The van der Waals surface area contributed by atoms with Crippen LogP contribution in [0.3, 0.4) is 0 Å². The van der Waals surface area contributed by atoms with Gasteiger partial charge in [0.1, 0.15) is 0 Å². The van der Waals surface area contributed by atoms with Gasteiger partial charge in [-0.3, -0.25) is 4.79 Å². The van der Waals surface area contributed by atoms with E-state index >= 15 is 0 Å². The number of hydrogen-bond acceptors (Lipinski definition) is 6. The van der Waals surface area contributed by atoms with Crippen LogP contribution in [0.5, 0.6) is 11.5 Å². The van der Waals surface area contributed by atoms with Crippen LogP contribution in [0.2, 0.25) is 0 Å². The zero-order chi connectivity index (χ0) is 19.2. The van der Waals surface area contributed by atoms with Crippen molar-refractivity contribution in [2.75, 3.05) is 20.8 Å². The smallest absolute Gasteiger partial charge is 0.252 e. The van der Waals surface area contributed by atoms with Crippen LogP contribution in [-0.2, 0) is 6.42 Å². The highest BCUT2D eigenvalue weighted by atomic mass is 79.9. The predicted molar refractivity (Wildman–Crippen MR) is 103 cm³/mol. The first kappa shape index (κ1) is 18.9. The Kier molecular flexibility index (Phi) is 6.08. The summed E-state index contributed by atoms with van der Waals surface area (Å²) >= 11 is 3.36. The van der Waals surface area contributed by atoms with Gasteiger partial charge in [-0.15, -0.1) is 0 Å². The van der Waals surface area contributed by atoms with Gasteiger partial charge >= 0.3 is 0 Å². The Balaban J connectivity index is 1.62. The Bertz CT molecular complexity index is 942. The van der Waals surface area contributed by atoms with E-state index in [2.05, 4.69) is 31.4 Å². The van der Waals surface area contributed by atoms with Crippen molar-refractivity contribution in [2.24, 2.45) is 0 Å². The van der Waals surface area contributed by atoms with Crippen molar-refractivity contribution in [1.82, 2.24) is 15.5 Å². The number of nitrogens with one attached hydrogen (secondary N) is 1. The van der Waals surface area contributed by atoms with E-state index in [9.17, 15) is 4.79 Å². The third-order valence-electron chi connectivity index (χ3n) is 3.85. The summed E-state index contributed by atoms with van der Waals surface area (Å²) in [6, 6.07) is 12.6. The fourth-order valence-electron chi connectivity index (χ4n) is 2.47. The highest BCUT2D eigenvalue weighted by molar-refractivity contribution is 9.10. The second kappa shape index (κ2) is 8.68. The van der Waals surface area contributed by atoms with E-state index in [1.54, 1.807) is 32.4 Å². The highest BCUT2D eigenvalue weighted by Crippen LogP contribution is 2.31. The first-order valence-electron chi connectivity index (χ1n) is 8.20. The largest absolute Gasteiger partial charge is 0.493 e. The summed E-state index contributed by atoms with van der Waals surface area (Å²) in [5.41, 5.74) is 1.33. The standard InChI is InChI=1S/C19H18BrN3O4/c1-25-15-8-7-12(11-16(15)26-2)18-22-17(27-23-18)9-10-21-19(24)13-5-3-4-6-14(13)20/h3-8,11H,9-10H2,1-2H3,(H,21,24). The van der Waals surface area contributed by atoms with Gasteiger partial charge in [0.2, 0.25) is 11.7 Å². The van der Waals surface area contributed by atoms with E-state index in [-0.39, 0.29) is 5.91 Å². The molecule has 0 saturated carbocycles. The number of amides is 1. The molecule has 0 fully saturated rings. The van der Waals surface area contributed by atoms with E-state index in [4.69, 9.17) is 14.0 Å². The fourth-order valence-corrected chi connectivity index (χ4v) is 2.94. The quantitative estimate of drug-likeness (QED) is 0.615. The van der Waals surface area contributed by atoms with Gasteiger partial charge in [-0.05, 0) is 46.3 Å². The molecule has 27 heavy (non-hydrogen) atoms.